The molecule has 0 bridgehead atoms. The Morgan fingerprint density at radius 2 is 2.06 bits per heavy atom. The largest absolute Gasteiger partial charge is 0.331 e. The average molecular weight is 312 g/mol. The van der Waals surface area contributed by atoms with Gasteiger partial charge in [0.25, 0.3) is 0 Å². The third-order valence-corrected chi connectivity index (χ3v) is 4.14. The molecule has 0 unspecified atom stereocenters. The highest BCUT2D eigenvalue weighted by Gasteiger charge is 2.18. The van der Waals surface area contributed by atoms with E-state index in [1.165, 1.54) is 5.52 Å². The second kappa shape index (κ2) is 4.55. The van der Waals surface area contributed by atoms with Crippen LogP contribution < -0.4 is 5.32 Å². The number of benzene rings is 1. The molecular weight excluding hydrogens is 298 g/mol. The fraction of sp³-hybridized carbons (Fsp3) is 0.417. The van der Waals surface area contributed by atoms with E-state index in [2.05, 4.69) is 49.0 Å². The minimum atomic E-state index is 0.527. The lowest BCUT2D eigenvalue weighted by Gasteiger charge is -2.24. The SMILES string of the molecule is S=c1[nH]c2cc(Br)ccc2n1C1CCNCC1. The Labute approximate surface area is 113 Å². The lowest BCUT2D eigenvalue weighted by molar-refractivity contribution is 0.372. The molecule has 0 saturated carbocycles. The number of nitrogens with zero attached hydrogens (tertiary/aromatic N) is 1. The highest BCUT2D eigenvalue weighted by Crippen LogP contribution is 2.26. The van der Waals surface area contributed by atoms with Gasteiger partial charge in [-0.1, -0.05) is 15.9 Å². The van der Waals surface area contributed by atoms with Crippen molar-refractivity contribution in [2.45, 2.75) is 18.9 Å². The van der Waals surface area contributed by atoms with Gasteiger partial charge in [0.2, 0.25) is 0 Å². The lowest BCUT2D eigenvalue weighted by atomic mass is 10.1. The summed E-state index contributed by atoms with van der Waals surface area (Å²) in [5.41, 5.74) is 2.33. The molecule has 1 fully saturated rings. The summed E-state index contributed by atoms with van der Waals surface area (Å²) in [5.74, 6) is 0. The molecule has 1 aromatic carbocycles. The Morgan fingerprint density at radius 3 is 2.82 bits per heavy atom. The summed E-state index contributed by atoms with van der Waals surface area (Å²) < 4.78 is 4.20. The van der Waals surface area contributed by atoms with Crippen molar-refractivity contribution in [1.82, 2.24) is 14.9 Å². The monoisotopic (exact) mass is 311 g/mol. The first-order valence-corrected chi connectivity index (χ1v) is 7.06. The van der Waals surface area contributed by atoms with Crippen LogP contribution >= 0.6 is 28.1 Å². The summed E-state index contributed by atoms with van der Waals surface area (Å²) in [4.78, 5) is 3.29. The van der Waals surface area contributed by atoms with Crippen molar-refractivity contribution in [3.05, 3.63) is 27.4 Å². The summed E-state index contributed by atoms with van der Waals surface area (Å²) >= 11 is 8.94. The maximum atomic E-state index is 5.45. The van der Waals surface area contributed by atoms with Crippen molar-refractivity contribution in [1.29, 1.82) is 0 Å². The molecular formula is C12H14BrN3S. The quantitative estimate of drug-likeness (QED) is 0.791. The van der Waals surface area contributed by atoms with Crippen LogP contribution in [0, 0.1) is 4.77 Å². The summed E-state index contributed by atoms with van der Waals surface area (Å²) in [6.45, 7) is 2.16. The minimum absolute atomic E-state index is 0.527. The molecule has 0 spiro atoms. The summed E-state index contributed by atoms with van der Waals surface area (Å²) in [5, 5.41) is 3.39. The van der Waals surface area contributed by atoms with Crippen molar-refractivity contribution < 1.29 is 0 Å². The van der Waals surface area contributed by atoms with Crippen LogP contribution in [0.1, 0.15) is 18.9 Å². The van der Waals surface area contributed by atoms with Crippen LogP contribution in [0.2, 0.25) is 0 Å². The van der Waals surface area contributed by atoms with Crippen LogP contribution in [0.3, 0.4) is 0 Å². The zero-order chi connectivity index (χ0) is 11.8. The van der Waals surface area contributed by atoms with E-state index in [1.54, 1.807) is 0 Å². The number of fused-ring (bicyclic) bond motifs is 1. The number of hydrogen-bond donors (Lipinski definition) is 2. The van der Waals surface area contributed by atoms with Crippen LogP contribution in [-0.2, 0) is 0 Å². The number of rotatable bonds is 1. The smallest absolute Gasteiger partial charge is 0.178 e. The van der Waals surface area contributed by atoms with Crippen LogP contribution in [0.15, 0.2) is 22.7 Å². The average Bonchev–Trinajstić information content (AvgIpc) is 2.65. The van der Waals surface area contributed by atoms with E-state index in [1.807, 2.05) is 0 Å². The topological polar surface area (TPSA) is 32.8 Å². The van der Waals surface area contributed by atoms with Crippen LogP contribution in [-0.4, -0.2) is 22.6 Å². The van der Waals surface area contributed by atoms with Crippen molar-refractivity contribution in [2.24, 2.45) is 0 Å². The Balaban J connectivity index is 2.14. The molecule has 1 saturated heterocycles. The Morgan fingerprint density at radius 1 is 1.29 bits per heavy atom. The van der Waals surface area contributed by atoms with E-state index in [4.69, 9.17) is 12.2 Å². The zero-order valence-electron chi connectivity index (χ0n) is 9.37. The molecule has 5 heteroatoms. The molecule has 1 aliphatic rings. The van der Waals surface area contributed by atoms with E-state index in [0.29, 0.717) is 6.04 Å². The standard InChI is InChI=1S/C12H14BrN3S/c13-8-1-2-11-10(7-8)15-12(17)16(11)9-3-5-14-6-4-9/h1-2,7,9,14H,3-6H2,(H,15,17). The second-order valence-electron chi connectivity index (χ2n) is 4.44. The third kappa shape index (κ3) is 2.07. The van der Waals surface area contributed by atoms with Crippen molar-refractivity contribution >= 4 is 39.2 Å². The Hall–Kier alpha value is -0.650. The molecule has 2 heterocycles. The number of imidazole rings is 1. The van der Waals surface area contributed by atoms with Gasteiger partial charge < -0.3 is 14.9 Å². The molecule has 3 rings (SSSR count). The summed E-state index contributed by atoms with van der Waals surface area (Å²) in [7, 11) is 0. The summed E-state index contributed by atoms with van der Waals surface area (Å²) in [6.07, 6.45) is 2.30. The van der Waals surface area contributed by atoms with Gasteiger partial charge in [-0.15, -0.1) is 0 Å². The normalized spacial score (nSPS) is 17.7. The molecule has 0 radical (unpaired) electrons. The first-order valence-electron chi connectivity index (χ1n) is 5.86. The van der Waals surface area contributed by atoms with E-state index in [9.17, 15) is 0 Å². The Kier molecular flexibility index (Phi) is 3.06. The van der Waals surface area contributed by atoms with Gasteiger partial charge in [0, 0.05) is 10.5 Å². The number of aromatic nitrogens is 2. The third-order valence-electron chi connectivity index (χ3n) is 3.35. The fourth-order valence-corrected chi connectivity index (χ4v) is 3.25. The van der Waals surface area contributed by atoms with Crippen molar-refractivity contribution in [3.63, 3.8) is 0 Å². The number of aromatic amines is 1. The van der Waals surface area contributed by atoms with E-state index >= 15 is 0 Å². The first-order chi connectivity index (χ1) is 8.25. The van der Waals surface area contributed by atoms with Gasteiger partial charge in [-0.2, -0.15) is 0 Å². The molecule has 17 heavy (non-hydrogen) atoms. The molecule has 3 nitrogen and oxygen atoms in total. The zero-order valence-corrected chi connectivity index (χ0v) is 11.8. The predicted octanol–water partition coefficient (Wildman–Crippen LogP) is 3.39. The molecule has 1 aromatic heterocycles. The fourth-order valence-electron chi connectivity index (χ4n) is 2.53. The highest BCUT2D eigenvalue weighted by atomic mass is 79.9. The van der Waals surface area contributed by atoms with Crippen LogP contribution in [0.25, 0.3) is 11.0 Å². The number of halogens is 1. The predicted molar refractivity (Wildman–Crippen MR) is 76.0 cm³/mol. The Bertz CT molecular complexity index is 595. The molecule has 0 amide bonds. The summed E-state index contributed by atoms with van der Waals surface area (Å²) in [6, 6.07) is 6.82. The maximum Gasteiger partial charge on any atom is 0.178 e. The van der Waals surface area contributed by atoms with Crippen LogP contribution in [0.5, 0.6) is 0 Å². The molecule has 0 aliphatic carbocycles. The number of H-pyrrole nitrogens is 1. The van der Waals surface area contributed by atoms with Crippen molar-refractivity contribution in [3.8, 4) is 0 Å². The number of nitrogens with one attached hydrogen (secondary N) is 2. The van der Waals surface area contributed by atoms with Crippen LogP contribution in [0.4, 0.5) is 0 Å². The number of piperidine rings is 1. The van der Waals surface area contributed by atoms with Crippen molar-refractivity contribution in [2.75, 3.05) is 13.1 Å². The van der Waals surface area contributed by atoms with E-state index < -0.39 is 0 Å². The first kappa shape index (κ1) is 11.4. The second-order valence-corrected chi connectivity index (χ2v) is 5.75. The number of hydrogen-bond acceptors (Lipinski definition) is 2. The van der Waals surface area contributed by atoms with E-state index in [0.717, 1.165) is 40.7 Å². The minimum Gasteiger partial charge on any atom is -0.331 e. The molecule has 2 N–H and O–H groups in total. The molecule has 2 aromatic rings. The van der Waals surface area contributed by atoms with Gasteiger partial charge in [-0.3, -0.25) is 0 Å². The lowest BCUT2D eigenvalue weighted by Crippen LogP contribution is -2.29. The molecule has 90 valence electrons. The highest BCUT2D eigenvalue weighted by molar-refractivity contribution is 9.10. The van der Waals surface area contributed by atoms with Gasteiger partial charge in [0.15, 0.2) is 4.77 Å². The van der Waals surface area contributed by atoms with E-state index in [-0.39, 0.29) is 0 Å². The maximum absolute atomic E-state index is 5.45. The van der Waals surface area contributed by atoms with Gasteiger partial charge in [-0.05, 0) is 56.3 Å². The van der Waals surface area contributed by atoms with Gasteiger partial charge in [0.1, 0.15) is 0 Å². The molecule has 1 aliphatic heterocycles. The molecule has 0 atom stereocenters. The van der Waals surface area contributed by atoms with Gasteiger partial charge >= 0.3 is 0 Å². The van der Waals surface area contributed by atoms with Gasteiger partial charge in [-0.25, -0.2) is 0 Å². The van der Waals surface area contributed by atoms with Gasteiger partial charge in [0.05, 0.1) is 11.0 Å².